The summed E-state index contributed by atoms with van der Waals surface area (Å²) in [6, 6.07) is 0. The third-order valence-electron chi connectivity index (χ3n) is 2.93. The molecule has 0 spiro atoms. The second-order valence-electron chi connectivity index (χ2n) is 3.69. The maximum Gasteiger partial charge on any atom is -0.0268 e. The van der Waals surface area contributed by atoms with E-state index in [2.05, 4.69) is 34.3 Å². The maximum absolute atomic E-state index is 3.98. The summed E-state index contributed by atoms with van der Waals surface area (Å²) in [6.45, 7) is 13.0. The lowest BCUT2D eigenvalue weighted by atomic mass is 9.75. The summed E-state index contributed by atoms with van der Waals surface area (Å²) in [7, 11) is 0. The molecular weight excluding hydrogens is 132 g/mol. The van der Waals surface area contributed by atoms with E-state index in [1.807, 2.05) is 0 Å². The molecule has 11 heavy (non-hydrogen) atoms. The largest absolute Gasteiger partial charge is 0.100 e. The van der Waals surface area contributed by atoms with Crippen molar-refractivity contribution < 1.29 is 0 Å². The van der Waals surface area contributed by atoms with Crippen molar-refractivity contribution in [1.82, 2.24) is 0 Å². The fraction of sp³-hybridized carbons (Fsp3) is 0.818. The molecule has 0 heteroatoms. The van der Waals surface area contributed by atoms with Crippen molar-refractivity contribution in [1.29, 1.82) is 0 Å². The van der Waals surface area contributed by atoms with Crippen molar-refractivity contribution in [3.63, 3.8) is 0 Å². The van der Waals surface area contributed by atoms with E-state index in [1.54, 1.807) is 0 Å². The molecule has 0 aliphatic rings. The quantitative estimate of drug-likeness (QED) is 0.521. The van der Waals surface area contributed by atoms with E-state index in [0.717, 1.165) is 0 Å². The van der Waals surface area contributed by atoms with Gasteiger partial charge in [0.2, 0.25) is 0 Å². The van der Waals surface area contributed by atoms with Gasteiger partial charge in [0.1, 0.15) is 0 Å². The van der Waals surface area contributed by atoms with E-state index >= 15 is 0 Å². The monoisotopic (exact) mass is 154 g/mol. The van der Waals surface area contributed by atoms with Crippen LogP contribution in [0.3, 0.4) is 0 Å². The molecule has 0 saturated carbocycles. The van der Waals surface area contributed by atoms with Crippen LogP contribution in [-0.4, -0.2) is 0 Å². The number of hydrogen-bond acceptors (Lipinski definition) is 0. The Morgan fingerprint density at radius 1 is 1.09 bits per heavy atom. The molecule has 0 atom stereocenters. The van der Waals surface area contributed by atoms with Gasteiger partial charge >= 0.3 is 0 Å². The zero-order valence-corrected chi connectivity index (χ0v) is 8.54. The molecule has 0 rings (SSSR count). The Kier molecular flexibility index (Phi) is 4.48. The highest BCUT2D eigenvalue weighted by molar-refractivity contribution is 4.95. The molecule has 0 aliphatic heterocycles. The molecule has 0 fully saturated rings. The Morgan fingerprint density at radius 3 is 1.55 bits per heavy atom. The third-order valence-corrected chi connectivity index (χ3v) is 2.93. The van der Waals surface area contributed by atoms with E-state index in [-0.39, 0.29) is 0 Å². The van der Waals surface area contributed by atoms with E-state index in [1.165, 1.54) is 31.3 Å². The molecule has 0 N–H and O–H groups in total. The zero-order chi connectivity index (χ0) is 8.91. The van der Waals surface area contributed by atoms with Crippen LogP contribution in [0.5, 0.6) is 0 Å². The van der Waals surface area contributed by atoms with E-state index < -0.39 is 0 Å². The van der Waals surface area contributed by atoms with Gasteiger partial charge in [0.05, 0.1) is 0 Å². The van der Waals surface area contributed by atoms with Gasteiger partial charge in [-0.05, 0) is 18.8 Å². The molecule has 0 nitrogen and oxygen atoms in total. The van der Waals surface area contributed by atoms with Crippen LogP contribution in [0.25, 0.3) is 0 Å². The van der Waals surface area contributed by atoms with Gasteiger partial charge in [-0.2, -0.15) is 0 Å². The van der Waals surface area contributed by atoms with Gasteiger partial charge in [-0.25, -0.2) is 0 Å². The number of allylic oxidation sites excluding steroid dienone is 1. The van der Waals surface area contributed by atoms with Gasteiger partial charge in [-0.1, -0.05) is 45.6 Å². The van der Waals surface area contributed by atoms with Crippen molar-refractivity contribution in [2.24, 2.45) is 5.41 Å². The highest BCUT2D eigenvalue weighted by Gasteiger charge is 2.23. The van der Waals surface area contributed by atoms with Crippen LogP contribution in [0.4, 0.5) is 0 Å². The minimum atomic E-state index is 0.547. The maximum atomic E-state index is 3.98. The number of rotatable bonds is 5. The summed E-state index contributed by atoms with van der Waals surface area (Å²) in [4.78, 5) is 0. The molecule has 0 radical (unpaired) electrons. The number of hydrogen-bond donors (Lipinski definition) is 0. The van der Waals surface area contributed by atoms with Crippen LogP contribution in [-0.2, 0) is 0 Å². The normalized spacial score (nSPS) is 11.6. The standard InChI is InChI=1S/C11H22/c1-6-11(7-2,8-3)9-10(4)5/h4,6-9H2,1-3,5H3. The summed E-state index contributed by atoms with van der Waals surface area (Å²) >= 11 is 0. The lowest BCUT2D eigenvalue weighted by Gasteiger charge is -2.30. The van der Waals surface area contributed by atoms with Crippen LogP contribution in [0.2, 0.25) is 0 Å². The molecular formula is C11H22. The van der Waals surface area contributed by atoms with Gasteiger partial charge in [0, 0.05) is 0 Å². The first kappa shape index (κ1) is 10.7. The predicted octanol–water partition coefficient (Wildman–Crippen LogP) is 4.17. The molecule has 0 bridgehead atoms. The minimum absolute atomic E-state index is 0.547. The van der Waals surface area contributed by atoms with Gasteiger partial charge in [0.25, 0.3) is 0 Å². The molecule has 0 aromatic heterocycles. The summed E-state index contributed by atoms with van der Waals surface area (Å²) in [6.07, 6.45) is 5.06. The molecule has 0 aliphatic carbocycles. The molecule has 0 heterocycles. The van der Waals surface area contributed by atoms with Crippen molar-refractivity contribution >= 4 is 0 Å². The lowest BCUT2D eigenvalue weighted by Crippen LogP contribution is -2.17. The second-order valence-corrected chi connectivity index (χ2v) is 3.69. The van der Waals surface area contributed by atoms with E-state index in [9.17, 15) is 0 Å². The highest BCUT2D eigenvalue weighted by atomic mass is 14.3. The van der Waals surface area contributed by atoms with Crippen LogP contribution in [0.1, 0.15) is 53.4 Å². The van der Waals surface area contributed by atoms with Crippen molar-refractivity contribution in [2.45, 2.75) is 53.4 Å². The van der Waals surface area contributed by atoms with Crippen LogP contribution in [0.15, 0.2) is 12.2 Å². The first-order valence-corrected chi connectivity index (χ1v) is 4.74. The second kappa shape index (κ2) is 4.58. The average molecular weight is 154 g/mol. The SMILES string of the molecule is C=C(C)CC(CC)(CC)CC. The minimum Gasteiger partial charge on any atom is -0.100 e. The Bertz CT molecular complexity index is 110. The van der Waals surface area contributed by atoms with Crippen LogP contribution < -0.4 is 0 Å². The molecule has 0 unspecified atom stereocenters. The molecule has 0 saturated heterocycles. The van der Waals surface area contributed by atoms with Crippen molar-refractivity contribution in [3.05, 3.63) is 12.2 Å². The van der Waals surface area contributed by atoms with Crippen LogP contribution in [0, 0.1) is 5.41 Å². The summed E-state index contributed by atoms with van der Waals surface area (Å²) < 4.78 is 0. The Hall–Kier alpha value is -0.260. The predicted molar refractivity (Wildman–Crippen MR) is 52.7 cm³/mol. The van der Waals surface area contributed by atoms with Gasteiger partial charge < -0.3 is 0 Å². The third kappa shape index (κ3) is 3.09. The zero-order valence-electron chi connectivity index (χ0n) is 8.54. The average Bonchev–Trinajstić information content (AvgIpc) is 2.00. The topological polar surface area (TPSA) is 0 Å². The fourth-order valence-corrected chi connectivity index (χ4v) is 1.77. The summed E-state index contributed by atoms with van der Waals surface area (Å²) in [5, 5.41) is 0. The lowest BCUT2D eigenvalue weighted by molar-refractivity contribution is 0.248. The Balaban J connectivity index is 4.16. The van der Waals surface area contributed by atoms with E-state index in [4.69, 9.17) is 0 Å². The van der Waals surface area contributed by atoms with Gasteiger partial charge in [-0.3, -0.25) is 0 Å². The molecule has 66 valence electrons. The smallest absolute Gasteiger partial charge is 0.0268 e. The Morgan fingerprint density at radius 2 is 1.45 bits per heavy atom. The van der Waals surface area contributed by atoms with E-state index in [0.29, 0.717) is 5.41 Å². The molecule has 0 amide bonds. The Labute approximate surface area is 71.7 Å². The van der Waals surface area contributed by atoms with Crippen molar-refractivity contribution in [3.8, 4) is 0 Å². The molecule has 0 aromatic carbocycles. The van der Waals surface area contributed by atoms with Gasteiger partial charge in [0.15, 0.2) is 0 Å². The molecule has 0 aromatic rings. The summed E-state index contributed by atoms with van der Waals surface area (Å²) in [5.41, 5.74) is 1.88. The van der Waals surface area contributed by atoms with Gasteiger partial charge in [-0.15, -0.1) is 6.58 Å². The highest BCUT2D eigenvalue weighted by Crippen LogP contribution is 2.36. The first-order chi connectivity index (χ1) is 5.10. The summed E-state index contributed by atoms with van der Waals surface area (Å²) in [5.74, 6) is 0. The van der Waals surface area contributed by atoms with Crippen LogP contribution >= 0.6 is 0 Å². The van der Waals surface area contributed by atoms with Crippen molar-refractivity contribution in [2.75, 3.05) is 0 Å². The first-order valence-electron chi connectivity index (χ1n) is 4.74. The fourth-order valence-electron chi connectivity index (χ4n) is 1.77.